The molecule has 158 valence electrons. The van der Waals surface area contributed by atoms with Crippen LogP contribution in [0.1, 0.15) is 36.5 Å². The summed E-state index contributed by atoms with van der Waals surface area (Å²) >= 11 is 0. The van der Waals surface area contributed by atoms with Crippen LogP contribution in [0.2, 0.25) is 0 Å². The van der Waals surface area contributed by atoms with E-state index in [0.29, 0.717) is 11.4 Å². The van der Waals surface area contributed by atoms with Crippen LogP contribution in [-0.4, -0.2) is 43.0 Å². The van der Waals surface area contributed by atoms with Crippen LogP contribution in [-0.2, 0) is 9.53 Å². The van der Waals surface area contributed by atoms with Gasteiger partial charge in [0.05, 0.1) is 10.5 Å². The minimum Gasteiger partial charge on any atom is -0.449 e. The number of ether oxygens (including phenoxy) is 1. The number of esters is 1. The highest BCUT2D eigenvalue weighted by Crippen LogP contribution is 2.31. The van der Waals surface area contributed by atoms with Crippen LogP contribution in [0.5, 0.6) is 0 Å². The van der Waals surface area contributed by atoms with E-state index in [-0.39, 0.29) is 11.3 Å². The van der Waals surface area contributed by atoms with E-state index < -0.39 is 22.9 Å². The predicted octanol–water partition coefficient (Wildman–Crippen LogP) is 3.79. The molecule has 2 aromatic rings. The summed E-state index contributed by atoms with van der Waals surface area (Å²) in [5, 5.41) is 11.6. The van der Waals surface area contributed by atoms with Gasteiger partial charge in [-0.15, -0.1) is 0 Å². The molecule has 1 fully saturated rings. The van der Waals surface area contributed by atoms with Crippen LogP contribution < -0.4 is 9.80 Å². The van der Waals surface area contributed by atoms with Gasteiger partial charge in [0.15, 0.2) is 6.10 Å². The third-order valence-electron chi connectivity index (χ3n) is 5.21. The van der Waals surface area contributed by atoms with Gasteiger partial charge < -0.3 is 14.5 Å². The van der Waals surface area contributed by atoms with Crippen LogP contribution in [0.4, 0.5) is 17.1 Å². The van der Waals surface area contributed by atoms with Crippen LogP contribution in [0.25, 0.3) is 0 Å². The summed E-state index contributed by atoms with van der Waals surface area (Å²) in [5.41, 5.74) is 1.09. The zero-order chi connectivity index (χ0) is 21.7. The summed E-state index contributed by atoms with van der Waals surface area (Å²) in [6, 6.07) is 13.3. The Balaban J connectivity index is 1.73. The normalized spacial score (nSPS) is 14.7. The van der Waals surface area contributed by atoms with Gasteiger partial charge in [-0.3, -0.25) is 14.9 Å². The van der Waals surface area contributed by atoms with E-state index in [0.717, 1.165) is 32.4 Å². The molecule has 3 rings (SSSR count). The molecule has 0 bridgehead atoms. The molecule has 0 aliphatic carbocycles. The van der Waals surface area contributed by atoms with Gasteiger partial charge in [-0.2, -0.15) is 0 Å². The summed E-state index contributed by atoms with van der Waals surface area (Å²) in [7, 11) is 1.60. The lowest BCUT2D eigenvalue weighted by molar-refractivity contribution is -0.384. The summed E-state index contributed by atoms with van der Waals surface area (Å²) in [4.78, 5) is 39.6. The van der Waals surface area contributed by atoms with Gasteiger partial charge in [-0.05, 0) is 50.5 Å². The number of anilines is 2. The molecule has 1 saturated heterocycles. The Morgan fingerprint density at radius 2 is 1.77 bits per heavy atom. The van der Waals surface area contributed by atoms with Gasteiger partial charge in [0, 0.05) is 31.9 Å². The highest BCUT2D eigenvalue weighted by molar-refractivity contribution is 5.99. The molecule has 1 aliphatic heterocycles. The van der Waals surface area contributed by atoms with E-state index in [9.17, 15) is 19.7 Å². The molecule has 0 N–H and O–H groups in total. The highest BCUT2D eigenvalue weighted by Gasteiger charge is 2.26. The van der Waals surface area contributed by atoms with Crippen molar-refractivity contribution in [2.24, 2.45) is 0 Å². The number of hydrogen-bond donors (Lipinski definition) is 0. The van der Waals surface area contributed by atoms with Crippen molar-refractivity contribution in [2.45, 2.75) is 32.3 Å². The standard InChI is InChI=1S/C22H25N3O5/c1-16(21(26)23(2)18-9-5-3-6-10-18)30-22(27)17-11-12-19(20(15-17)25(28)29)24-13-7-4-8-14-24/h3,5-6,9-12,15-16H,4,7-8,13-14H2,1-2H3/t16-/m0/s1. The van der Waals surface area contributed by atoms with Crippen molar-refractivity contribution in [1.29, 1.82) is 0 Å². The molecule has 0 spiro atoms. The van der Waals surface area contributed by atoms with E-state index in [1.807, 2.05) is 11.0 Å². The molecule has 1 atom stereocenters. The summed E-state index contributed by atoms with van der Waals surface area (Å²) in [5.74, 6) is -1.17. The molecule has 1 aliphatic rings. The number of carbonyl (C=O) groups is 2. The fourth-order valence-corrected chi connectivity index (χ4v) is 3.53. The summed E-state index contributed by atoms with van der Waals surface area (Å²) < 4.78 is 5.29. The number of hydrogen-bond acceptors (Lipinski definition) is 6. The Hall–Kier alpha value is -3.42. The second-order valence-electron chi connectivity index (χ2n) is 7.29. The third-order valence-corrected chi connectivity index (χ3v) is 5.21. The molecule has 1 amide bonds. The first-order valence-corrected chi connectivity index (χ1v) is 9.95. The Morgan fingerprint density at radius 3 is 2.40 bits per heavy atom. The number of para-hydroxylation sites is 1. The van der Waals surface area contributed by atoms with Crippen molar-refractivity contribution in [3.63, 3.8) is 0 Å². The van der Waals surface area contributed by atoms with Crippen LogP contribution in [0.3, 0.4) is 0 Å². The van der Waals surface area contributed by atoms with Crippen LogP contribution in [0.15, 0.2) is 48.5 Å². The topological polar surface area (TPSA) is 93.0 Å². The molecule has 1 heterocycles. The first kappa shape index (κ1) is 21.3. The number of benzene rings is 2. The second kappa shape index (κ2) is 9.39. The molecule has 0 saturated carbocycles. The number of amides is 1. The fraction of sp³-hybridized carbons (Fsp3) is 0.364. The number of carbonyl (C=O) groups excluding carboxylic acids is 2. The number of rotatable bonds is 6. The summed E-state index contributed by atoms with van der Waals surface area (Å²) in [6.07, 6.45) is 2.03. The highest BCUT2D eigenvalue weighted by atomic mass is 16.6. The van der Waals surface area contributed by atoms with Crippen molar-refractivity contribution in [3.05, 3.63) is 64.2 Å². The number of nitro benzene ring substituents is 1. The van der Waals surface area contributed by atoms with Gasteiger partial charge in [-0.25, -0.2) is 4.79 Å². The molecule has 0 aromatic heterocycles. The Labute approximate surface area is 175 Å². The average molecular weight is 411 g/mol. The SMILES string of the molecule is C[C@H](OC(=O)c1ccc(N2CCCCC2)c([N+](=O)[O-])c1)C(=O)N(C)c1ccccc1. The largest absolute Gasteiger partial charge is 0.449 e. The number of piperidine rings is 1. The van der Waals surface area contributed by atoms with Crippen molar-refractivity contribution >= 4 is 28.9 Å². The Morgan fingerprint density at radius 1 is 1.10 bits per heavy atom. The molecular formula is C22H25N3O5. The first-order valence-electron chi connectivity index (χ1n) is 9.95. The van der Waals surface area contributed by atoms with E-state index in [1.54, 1.807) is 37.4 Å². The van der Waals surface area contributed by atoms with Crippen LogP contribution >= 0.6 is 0 Å². The zero-order valence-corrected chi connectivity index (χ0v) is 17.1. The lowest BCUT2D eigenvalue weighted by Gasteiger charge is -2.28. The Kier molecular flexibility index (Phi) is 6.66. The predicted molar refractivity (Wildman–Crippen MR) is 114 cm³/mol. The number of nitrogens with zero attached hydrogens (tertiary/aromatic N) is 3. The molecule has 8 heteroatoms. The number of nitro groups is 1. The van der Waals surface area contributed by atoms with E-state index >= 15 is 0 Å². The van der Waals surface area contributed by atoms with Gasteiger partial charge >= 0.3 is 5.97 Å². The van der Waals surface area contributed by atoms with E-state index in [2.05, 4.69) is 0 Å². The van der Waals surface area contributed by atoms with Gasteiger partial charge in [-0.1, -0.05) is 18.2 Å². The van der Waals surface area contributed by atoms with Crippen molar-refractivity contribution < 1.29 is 19.2 Å². The van der Waals surface area contributed by atoms with Crippen LogP contribution in [0, 0.1) is 10.1 Å². The van der Waals surface area contributed by atoms with Crippen molar-refractivity contribution in [3.8, 4) is 0 Å². The van der Waals surface area contributed by atoms with Gasteiger partial charge in [0.2, 0.25) is 0 Å². The van der Waals surface area contributed by atoms with Gasteiger partial charge in [0.25, 0.3) is 11.6 Å². The average Bonchev–Trinajstić information content (AvgIpc) is 2.78. The maximum Gasteiger partial charge on any atom is 0.339 e. The zero-order valence-electron chi connectivity index (χ0n) is 17.1. The lowest BCUT2D eigenvalue weighted by atomic mass is 10.1. The molecule has 2 aromatic carbocycles. The van der Waals surface area contributed by atoms with Crippen molar-refractivity contribution in [1.82, 2.24) is 0 Å². The van der Waals surface area contributed by atoms with E-state index in [4.69, 9.17) is 4.74 Å². The lowest BCUT2D eigenvalue weighted by Crippen LogP contribution is -2.37. The fourth-order valence-electron chi connectivity index (χ4n) is 3.53. The molecule has 30 heavy (non-hydrogen) atoms. The molecule has 0 unspecified atom stereocenters. The van der Waals surface area contributed by atoms with Crippen molar-refractivity contribution in [2.75, 3.05) is 29.9 Å². The third kappa shape index (κ3) is 4.76. The first-order chi connectivity index (χ1) is 14.4. The number of likely N-dealkylation sites (N-methyl/N-ethyl adjacent to an activating group) is 1. The molecule has 8 nitrogen and oxygen atoms in total. The monoisotopic (exact) mass is 411 g/mol. The van der Waals surface area contributed by atoms with Gasteiger partial charge in [0.1, 0.15) is 5.69 Å². The maximum absolute atomic E-state index is 12.6. The minimum atomic E-state index is -1.04. The smallest absolute Gasteiger partial charge is 0.339 e. The Bertz CT molecular complexity index is 926. The minimum absolute atomic E-state index is 0.0458. The quantitative estimate of drug-likeness (QED) is 0.408. The molecule has 0 radical (unpaired) electrons. The second-order valence-corrected chi connectivity index (χ2v) is 7.29. The van der Waals surface area contributed by atoms with E-state index in [1.165, 1.54) is 24.0 Å². The summed E-state index contributed by atoms with van der Waals surface area (Å²) in [6.45, 7) is 2.99. The molecular weight excluding hydrogens is 386 g/mol. The maximum atomic E-state index is 12.6.